The molecule has 2 fully saturated rings. The molecule has 3 nitrogen and oxygen atoms in total. The van der Waals surface area contributed by atoms with Crippen LogP contribution in [0.1, 0.15) is 39.0 Å². The van der Waals surface area contributed by atoms with Crippen molar-refractivity contribution in [3.63, 3.8) is 0 Å². The third-order valence-corrected chi connectivity index (χ3v) is 3.42. The van der Waals surface area contributed by atoms with E-state index in [1.165, 1.54) is 0 Å². The van der Waals surface area contributed by atoms with Crippen molar-refractivity contribution in [3.8, 4) is 0 Å². The van der Waals surface area contributed by atoms with Gasteiger partial charge < -0.3 is 10.2 Å². The second-order valence-corrected chi connectivity index (χ2v) is 4.79. The smallest absolute Gasteiger partial charge is 0.225 e. The van der Waals surface area contributed by atoms with Gasteiger partial charge in [0.15, 0.2) is 0 Å². The molecule has 0 bridgehead atoms. The summed E-state index contributed by atoms with van der Waals surface area (Å²) in [4.78, 5) is 14.3. The van der Waals surface area contributed by atoms with Crippen LogP contribution in [0.15, 0.2) is 0 Å². The van der Waals surface area contributed by atoms with E-state index in [-0.39, 0.29) is 0 Å². The summed E-state index contributed by atoms with van der Waals surface area (Å²) in [6.07, 6.45) is 5.62. The molecule has 3 heteroatoms. The van der Waals surface area contributed by atoms with E-state index in [2.05, 4.69) is 17.1 Å². The third kappa shape index (κ3) is 2.71. The third-order valence-electron chi connectivity index (χ3n) is 3.42. The molecule has 0 aromatic carbocycles. The first kappa shape index (κ1) is 10.9. The fourth-order valence-corrected chi connectivity index (χ4v) is 2.40. The molecule has 0 unspecified atom stereocenters. The lowest BCUT2D eigenvalue weighted by molar-refractivity contribution is -0.135. The lowest BCUT2D eigenvalue weighted by Gasteiger charge is -2.34. The summed E-state index contributed by atoms with van der Waals surface area (Å²) in [6.45, 7) is 5.26. The molecule has 1 aliphatic heterocycles. The van der Waals surface area contributed by atoms with Gasteiger partial charge in [-0.1, -0.05) is 6.92 Å². The molecule has 1 amide bonds. The van der Waals surface area contributed by atoms with E-state index in [9.17, 15) is 4.79 Å². The molecule has 0 aromatic heterocycles. The fourth-order valence-electron chi connectivity index (χ4n) is 2.40. The van der Waals surface area contributed by atoms with Gasteiger partial charge in [-0.2, -0.15) is 0 Å². The van der Waals surface area contributed by atoms with E-state index in [0.717, 1.165) is 51.7 Å². The maximum Gasteiger partial charge on any atom is 0.225 e. The van der Waals surface area contributed by atoms with Crippen LogP contribution >= 0.6 is 0 Å². The Kier molecular flexibility index (Phi) is 3.62. The Morgan fingerprint density at radius 2 is 1.93 bits per heavy atom. The van der Waals surface area contributed by atoms with Gasteiger partial charge in [0.25, 0.3) is 0 Å². The Balaban J connectivity index is 1.93. The summed E-state index contributed by atoms with van der Waals surface area (Å²) in [5.41, 5.74) is 0. The summed E-state index contributed by atoms with van der Waals surface area (Å²) in [7, 11) is 0. The zero-order valence-electron chi connectivity index (χ0n) is 9.67. The molecule has 15 heavy (non-hydrogen) atoms. The first-order valence-electron chi connectivity index (χ1n) is 6.34. The molecule has 0 aromatic rings. The van der Waals surface area contributed by atoms with Gasteiger partial charge in [0.1, 0.15) is 0 Å². The number of rotatable bonds is 4. The van der Waals surface area contributed by atoms with Crippen LogP contribution in [0, 0.1) is 5.92 Å². The number of piperidine rings is 1. The Bertz CT molecular complexity index is 220. The molecule has 0 radical (unpaired) electrons. The van der Waals surface area contributed by atoms with Gasteiger partial charge in [0, 0.05) is 18.5 Å². The second-order valence-electron chi connectivity index (χ2n) is 4.79. The van der Waals surface area contributed by atoms with E-state index in [1.54, 1.807) is 0 Å². The molecule has 1 N–H and O–H groups in total. The van der Waals surface area contributed by atoms with E-state index in [1.807, 2.05) is 0 Å². The van der Waals surface area contributed by atoms with Gasteiger partial charge in [0.05, 0.1) is 0 Å². The first-order chi connectivity index (χ1) is 7.33. The number of nitrogens with zero attached hydrogens (tertiary/aromatic N) is 1. The lowest BCUT2D eigenvalue weighted by atomic mass is 10.0. The largest absolute Gasteiger partial charge is 0.339 e. The monoisotopic (exact) mass is 210 g/mol. The van der Waals surface area contributed by atoms with Crippen LogP contribution in [0.4, 0.5) is 0 Å². The molecule has 86 valence electrons. The summed E-state index contributed by atoms with van der Waals surface area (Å²) >= 11 is 0. The summed E-state index contributed by atoms with van der Waals surface area (Å²) in [5, 5.41) is 3.36. The maximum absolute atomic E-state index is 12.1. The predicted octanol–water partition coefficient (Wildman–Crippen LogP) is 1.39. The van der Waals surface area contributed by atoms with Crippen molar-refractivity contribution in [1.29, 1.82) is 0 Å². The highest BCUT2D eigenvalue weighted by Gasteiger charge is 2.36. The van der Waals surface area contributed by atoms with E-state index >= 15 is 0 Å². The first-order valence-corrected chi connectivity index (χ1v) is 6.34. The van der Waals surface area contributed by atoms with Crippen molar-refractivity contribution in [2.24, 2.45) is 5.92 Å². The molecular formula is C12H22N2O. The second kappa shape index (κ2) is 4.97. The Morgan fingerprint density at radius 3 is 2.47 bits per heavy atom. The van der Waals surface area contributed by atoms with Crippen molar-refractivity contribution in [1.82, 2.24) is 10.2 Å². The van der Waals surface area contributed by atoms with E-state index in [0.29, 0.717) is 17.9 Å². The summed E-state index contributed by atoms with van der Waals surface area (Å²) in [5.74, 6) is 0.815. The van der Waals surface area contributed by atoms with Gasteiger partial charge >= 0.3 is 0 Å². The van der Waals surface area contributed by atoms with Crippen LogP contribution < -0.4 is 5.32 Å². The molecular weight excluding hydrogens is 188 g/mol. The average molecular weight is 210 g/mol. The van der Waals surface area contributed by atoms with Crippen molar-refractivity contribution >= 4 is 5.91 Å². The Labute approximate surface area is 92.2 Å². The molecule has 1 saturated carbocycles. The van der Waals surface area contributed by atoms with Gasteiger partial charge in [-0.25, -0.2) is 0 Å². The highest BCUT2D eigenvalue weighted by Crippen LogP contribution is 2.32. The molecule has 2 aliphatic rings. The molecule has 0 atom stereocenters. The number of carbonyl (C=O) groups excluding carboxylic acids is 1. The summed E-state index contributed by atoms with van der Waals surface area (Å²) in [6, 6.07) is 0.513. The SMILES string of the molecule is CCCN(C(=O)C1CC1)C1CCNCC1. The average Bonchev–Trinajstić information content (AvgIpc) is 3.10. The quantitative estimate of drug-likeness (QED) is 0.760. The summed E-state index contributed by atoms with van der Waals surface area (Å²) < 4.78 is 0. The zero-order chi connectivity index (χ0) is 10.7. The van der Waals surface area contributed by atoms with E-state index in [4.69, 9.17) is 0 Å². The van der Waals surface area contributed by atoms with E-state index < -0.39 is 0 Å². The standard InChI is InChI=1S/C12H22N2O/c1-2-9-14(12(15)10-3-4-10)11-5-7-13-8-6-11/h10-11,13H,2-9H2,1H3. The number of nitrogens with one attached hydrogen (secondary N) is 1. The lowest BCUT2D eigenvalue weighted by Crippen LogP contribution is -2.47. The van der Waals surface area contributed by atoms with Gasteiger partial charge in [-0.15, -0.1) is 0 Å². The molecule has 0 spiro atoms. The minimum Gasteiger partial charge on any atom is -0.339 e. The zero-order valence-corrected chi connectivity index (χ0v) is 9.67. The fraction of sp³-hybridized carbons (Fsp3) is 0.917. The van der Waals surface area contributed by atoms with Crippen molar-refractivity contribution in [2.75, 3.05) is 19.6 Å². The molecule has 1 aliphatic carbocycles. The Hall–Kier alpha value is -0.570. The Morgan fingerprint density at radius 1 is 1.27 bits per heavy atom. The van der Waals surface area contributed by atoms with Crippen molar-refractivity contribution in [3.05, 3.63) is 0 Å². The van der Waals surface area contributed by atoms with Gasteiger partial charge in [-0.3, -0.25) is 4.79 Å². The minimum atomic E-state index is 0.381. The topological polar surface area (TPSA) is 32.3 Å². The van der Waals surface area contributed by atoms with Crippen molar-refractivity contribution < 1.29 is 4.79 Å². The normalized spacial score (nSPS) is 22.7. The number of hydrogen-bond donors (Lipinski definition) is 1. The highest BCUT2D eigenvalue weighted by molar-refractivity contribution is 5.81. The van der Waals surface area contributed by atoms with Crippen LogP contribution in [0.5, 0.6) is 0 Å². The number of hydrogen-bond acceptors (Lipinski definition) is 2. The number of amides is 1. The predicted molar refractivity (Wildman–Crippen MR) is 60.6 cm³/mol. The van der Waals surface area contributed by atoms with Crippen LogP contribution in [0.25, 0.3) is 0 Å². The van der Waals surface area contributed by atoms with Crippen LogP contribution in [-0.2, 0) is 4.79 Å². The molecule has 1 heterocycles. The van der Waals surface area contributed by atoms with Gasteiger partial charge in [0.2, 0.25) is 5.91 Å². The molecule has 2 rings (SSSR count). The highest BCUT2D eigenvalue weighted by atomic mass is 16.2. The number of carbonyl (C=O) groups is 1. The maximum atomic E-state index is 12.1. The van der Waals surface area contributed by atoms with Gasteiger partial charge in [-0.05, 0) is 45.2 Å². The van der Waals surface area contributed by atoms with Crippen molar-refractivity contribution in [2.45, 2.75) is 45.1 Å². The van der Waals surface area contributed by atoms with Crippen LogP contribution in [0.2, 0.25) is 0 Å². The van der Waals surface area contributed by atoms with Crippen LogP contribution in [0.3, 0.4) is 0 Å². The molecule has 1 saturated heterocycles. The minimum absolute atomic E-state index is 0.381. The van der Waals surface area contributed by atoms with Crippen LogP contribution in [-0.4, -0.2) is 36.5 Å².